The van der Waals surface area contributed by atoms with Gasteiger partial charge in [-0.2, -0.15) is 0 Å². The molecule has 5 nitrogen and oxygen atoms in total. The smallest absolute Gasteiger partial charge is 0.193 e. The molecule has 0 amide bonds. The maximum atomic E-state index is 5.70. The molecule has 1 saturated heterocycles. The number of likely N-dealkylation sites (tertiary alicyclic amines) is 1. The summed E-state index contributed by atoms with van der Waals surface area (Å²) in [5.41, 5.74) is 0. The van der Waals surface area contributed by atoms with Crippen molar-refractivity contribution in [2.45, 2.75) is 39.2 Å². The summed E-state index contributed by atoms with van der Waals surface area (Å²) in [4.78, 5) is 7.05. The first-order valence-electron chi connectivity index (χ1n) is 8.00. The zero-order valence-electron chi connectivity index (χ0n) is 13.6. The number of piperidine rings is 1. The summed E-state index contributed by atoms with van der Waals surface area (Å²) in [6, 6.07) is 3.92. The molecule has 6 heteroatoms. The summed E-state index contributed by atoms with van der Waals surface area (Å²) in [5.74, 6) is 2.00. The Labute approximate surface area is 150 Å². The normalized spacial score (nSPS) is 16.5. The molecule has 1 aromatic rings. The predicted octanol–water partition coefficient (Wildman–Crippen LogP) is 2.91. The van der Waals surface area contributed by atoms with Gasteiger partial charge in [-0.25, -0.2) is 0 Å². The summed E-state index contributed by atoms with van der Waals surface area (Å²) >= 11 is 0. The third-order valence-electron chi connectivity index (χ3n) is 3.68. The third-order valence-corrected chi connectivity index (χ3v) is 3.68. The van der Waals surface area contributed by atoms with Crippen LogP contribution in [0.4, 0.5) is 0 Å². The second-order valence-electron chi connectivity index (χ2n) is 5.21. The van der Waals surface area contributed by atoms with E-state index in [9.17, 15) is 0 Å². The Balaban J connectivity index is 0.00000242. The summed E-state index contributed by atoms with van der Waals surface area (Å²) in [6.07, 6.45) is 5.13. The van der Waals surface area contributed by atoms with Gasteiger partial charge in [-0.3, -0.25) is 4.99 Å². The number of guanidine groups is 1. The van der Waals surface area contributed by atoms with Crippen molar-refractivity contribution in [1.29, 1.82) is 0 Å². The third kappa shape index (κ3) is 6.16. The van der Waals surface area contributed by atoms with E-state index in [2.05, 4.69) is 24.1 Å². The van der Waals surface area contributed by atoms with E-state index in [4.69, 9.17) is 14.1 Å². The van der Waals surface area contributed by atoms with Gasteiger partial charge in [0.05, 0.1) is 12.4 Å². The Morgan fingerprint density at radius 1 is 1.41 bits per heavy atom. The van der Waals surface area contributed by atoms with Gasteiger partial charge in [0, 0.05) is 39.2 Å². The van der Waals surface area contributed by atoms with Crippen molar-refractivity contribution in [2.75, 3.05) is 32.8 Å². The Kier molecular flexibility index (Phi) is 9.54. The monoisotopic (exact) mass is 421 g/mol. The zero-order valence-corrected chi connectivity index (χ0v) is 15.9. The number of furan rings is 1. The van der Waals surface area contributed by atoms with Gasteiger partial charge in [-0.05, 0) is 38.8 Å². The van der Waals surface area contributed by atoms with Gasteiger partial charge in [-0.1, -0.05) is 0 Å². The first kappa shape index (κ1) is 19.3. The average molecular weight is 421 g/mol. The van der Waals surface area contributed by atoms with Crippen LogP contribution >= 0.6 is 24.0 Å². The van der Waals surface area contributed by atoms with Gasteiger partial charge in [-0.15, -0.1) is 24.0 Å². The number of rotatable bonds is 6. The first-order valence-corrected chi connectivity index (χ1v) is 8.00. The molecule has 0 atom stereocenters. The first-order chi connectivity index (χ1) is 10.3. The van der Waals surface area contributed by atoms with E-state index >= 15 is 0 Å². The molecule has 0 saturated carbocycles. The van der Waals surface area contributed by atoms with E-state index in [1.807, 2.05) is 12.1 Å². The molecular weight excluding hydrogens is 393 g/mol. The zero-order chi connectivity index (χ0) is 14.9. The largest absolute Gasteiger partial charge is 0.469 e. The van der Waals surface area contributed by atoms with Crippen molar-refractivity contribution in [3.05, 3.63) is 24.2 Å². The molecule has 0 unspecified atom stereocenters. The molecule has 0 spiro atoms. The molecule has 0 bridgehead atoms. The molecule has 22 heavy (non-hydrogen) atoms. The summed E-state index contributed by atoms with van der Waals surface area (Å²) in [6.45, 7) is 8.64. The summed E-state index contributed by atoms with van der Waals surface area (Å²) < 4.78 is 11.0. The highest BCUT2D eigenvalue weighted by atomic mass is 127. The quantitative estimate of drug-likeness (QED) is 0.436. The van der Waals surface area contributed by atoms with Crippen LogP contribution in [0.15, 0.2) is 27.8 Å². The van der Waals surface area contributed by atoms with E-state index in [0.29, 0.717) is 6.10 Å². The molecule has 0 aromatic carbocycles. The van der Waals surface area contributed by atoms with Crippen LogP contribution in [0.5, 0.6) is 0 Å². The Morgan fingerprint density at radius 3 is 2.77 bits per heavy atom. The lowest BCUT2D eigenvalue weighted by molar-refractivity contribution is 0.0264. The van der Waals surface area contributed by atoms with Gasteiger partial charge >= 0.3 is 0 Å². The number of aliphatic imine (C=N–C) groups is 1. The number of nitrogens with one attached hydrogen (secondary N) is 1. The van der Waals surface area contributed by atoms with E-state index in [0.717, 1.165) is 63.8 Å². The molecule has 126 valence electrons. The topological polar surface area (TPSA) is 50.0 Å². The minimum atomic E-state index is 0. The number of hydrogen-bond acceptors (Lipinski definition) is 3. The lowest BCUT2D eigenvalue weighted by Crippen LogP contribution is -2.47. The molecule has 0 aliphatic carbocycles. The van der Waals surface area contributed by atoms with Gasteiger partial charge in [0.15, 0.2) is 5.96 Å². The van der Waals surface area contributed by atoms with Gasteiger partial charge < -0.3 is 19.4 Å². The summed E-state index contributed by atoms with van der Waals surface area (Å²) in [7, 11) is 0. The van der Waals surface area contributed by atoms with Crippen LogP contribution in [0.3, 0.4) is 0 Å². The number of hydrogen-bond donors (Lipinski definition) is 1. The fourth-order valence-corrected chi connectivity index (χ4v) is 2.62. The van der Waals surface area contributed by atoms with Crippen molar-refractivity contribution in [3.63, 3.8) is 0 Å². The van der Waals surface area contributed by atoms with E-state index in [-0.39, 0.29) is 24.0 Å². The van der Waals surface area contributed by atoms with Crippen molar-refractivity contribution >= 4 is 29.9 Å². The molecule has 2 rings (SSSR count). The molecule has 2 heterocycles. The highest BCUT2D eigenvalue weighted by molar-refractivity contribution is 14.0. The maximum Gasteiger partial charge on any atom is 0.193 e. The maximum absolute atomic E-state index is 5.70. The van der Waals surface area contributed by atoms with Crippen LogP contribution in [0.1, 0.15) is 32.4 Å². The summed E-state index contributed by atoms with van der Waals surface area (Å²) in [5, 5.41) is 3.38. The lowest BCUT2D eigenvalue weighted by Gasteiger charge is -2.34. The molecular formula is C16H28IN3O2. The fraction of sp³-hybridized carbons (Fsp3) is 0.688. The second kappa shape index (κ2) is 10.9. The second-order valence-corrected chi connectivity index (χ2v) is 5.21. The van der Waals surface area contributed by atoms with Gasteiger partial charge in [0.25, 0.3) is 0 Å². The highest BCUT2D eigenvalue weighted by Gasteiger charge is 2.21. The van der Waals surface area contributed by atoms with Crippen molar-refractivity contribution in [1.82, 2.24) is 10.2 Å². The number of nitrogens with zero attached hydrogens (tertiary/aromatic N) is 2. The van der Waals surface area contributed by atoms with Crippen molar-refractivity contribution < 1.29 is 9.15 Å². The van der Waals surface area contributed by atoms with Gasteiger partial charge in [0.2, 0.25) is 0 Å². The Morgan fingerprint density at radius 2 is 2.18 bits per heavy atom. The highest BCUT2D eigenvalue weighted by Crippen LogP contribution is 2.13. The van der Waals surface area contributed by atoms with Crippen LogP contribution in [0, 0.1) is 0 Å². The van der Waals surface area contributed by atoms with Crippen LogP contribution in [-0.2, 0) is 11.2 Å². The van der Waals surface area contributed by atoms with Crippen LogP contribution in [0.2, 0.25) is 0 Å². The Hall–Kier alpha value is -0.760. The van der Waals surface area contributed by atoms with E-state index < -0.39 is 0 Å². The minimum Gasteiger partial charge on any atom is -0.469 e. The predicted molar refractivity (Wildman–Crippen MR) is 100 cm³/mol. The lowest BCUT2D eigenvalue weighted by atomic mass is 10.1. The minimum absolute atomic E-state index is 0. The van der Waals surface area contributed by atoms with Crippen LogP contribution in [-0.4, -0.2) is 49.7 Å². The molecule has 1 N–H and O–H groups in total. The van der Waals surface area contributed by atoms with Crippen molar-refractivity contribution in [3.8, 4) is 0 Å². The standard InChI is InChI=1S/C16H27N3O2.HI/c1-3-17-16(18-10-7-14-6-5-13-21-14)19-11-8-15(9-12-19)20-4-2;/h5-6,13,15H,3-4,7-12H2,1-2H3,(H,17,18);1H. The molecule has 1 aromatic heterocycles. The number of ether oxygens (including phenoxy) is 1. The Bertz CT molecular complexity index is 415. The number of halogens is 1. The van der Waals surface area contributed by atoms with Crippen LogP contribution in [0.25, 0.3) is 0 Å². The SMILES string of the molecule is CCNC(=NCCc1ccco1)N1CCC(OCC)CC1.I. The van der Waals surface area contributed by atoms with E-state index in [1.165, 1.54) is 0 Å². The van der Waals surface area contributed by atoms with Crippen molar-refractivity contribution in [2.24, 2.45) is 4.99 Å². The molecule has 1 aliphatic rings. The van der Waals surface area contributed by atoms with Gasteiger partial charge in [0.1, 0.15) is 5.76 Å². The fourth-order valence-electron chi connectivity index (χ4n) is 2.62. The molecule has 1 aliphatic heterocycles. The average Bonchev–Trinajstić information content (AvgIpc) is 3.01. The van der Waals surface area contributed by atoms with E-state index in [1.54, 1.807) is 6.26 Å². The molecule has 1 fully saturated rings. The molecule has 0 radical (unpaired) electrons. The van der Waals surface area contributed by atoms with Crippen LogP contribution < -0.4 is 5.32 Å².